The fourth-order valence-corrected chi connectivity index (χ4v) is 1.51. The van der Waals surface area contributed by atoms with Crippen molar-refractivity contribution in [1.82, 2.24) is 10.6 Å². The first-order chi connectivity index (χ1) is 9.25. The number of hydrogen-bond acceptors (Lipinski definition) is 2. The van der Waals surface area contributed by atoms with Crippen LogP contribution in [0.2, 0.25) is 0 Å². The third-order valence-electron chi connectivity index (χ3n) is 2.54. The van der Waals surface area contributed by atoms with Crippen LogP contribution in [-0.2, 0) is 11.0 Å². The van der Waals surface area contributed by atoms with Gasteiger partial charge in [0.1, 0.15) is 6.04 Å². The van der Waals surface area contributed by atoms with E-state index in [1.54, 1.807) is 6.92 Å². The van der Waals surface area contributed by atoms with Gasteiger partial charge in [0.25, 0.3) is 5.91 Å². The van der Waals surface area contributed by atoms with Crippen LogP contribution in [0.5, 0.6) is 0 Å². The number of nitrogens with one attached hydrogen (secondary N) is 2. The lowest BCUT2D eigenvalue weighted by Crippen LogP contribution is -2.44. The van der Waals surface area contributed by atoms with Crippen LogP contribution in [-0.4, -0.2) is 24.4 Å². The molecule has 1 rings (SSSR count). The summed E-state index contributed by atoms with van der Waals surface area (Å²) in [5.74, 6) is -1.12. The summed E-state index contributed by atoms with van der Waals surface area (Å²) < 4.78 is 37.6. The Labute approximate surface area is 114 Å². The molecule has 0 saturated carbocycles. The van der Waals surface area contributed by atoms with Crippen LogP contribution >= 0.6 is 0 Å². The van der Waals surface area contributed by atoms with E-state index in [-0.39, 0.29) is 5.56 Å². The van der Waals surface area contributed by atoms with E-state index in [1.165, 1.54) is 13.0 Å². The summed E-state index contributed by atoms with van der Waals surface area (Å²) in [5.41, 5.74) is -1.05. The molecule has 1 atom stereocenters. The number of benzene rings is 1. The highest BCUT2D eigenvalue weighted by molar-refractivity contribution is 5.97. The Morgan fingerprint density at radius 2 is 1.95 bits per heavy atom. The maximum absolute atomic E-state index is 12.5. The molecule has 20 heavy (non-hydrogen) atoms. The Kier molecular flexibility index (Phi) is 5.12. The van der Waals surface area contributed by atoms with Gasteiger partial charge in [0.05, 0.1) is 5.56 Å². The van der Waals surface area contributed by atoms with Crippen molar-refractivity contribution >= 4 is 11.8 Å². The monoisotopic (exact) mass is 288 g/mol. The summed E-state index contributed by atoms with van der Waals surface area (Å²) >= 11 is 0. The lowest BCUT2D eigenvalue weighted by Gasteiger charge is -2.14. The third-order valence-corrected chi connectivity index (χ3v) is 2.54. The van der Waals surface area contributed by atoms with Crippen molar-refractivity contribution < 1.29 is 22.8 Å². The van der Waals surface area contributed by atoms with Gasteiger partial charge in [-0.15, -0.1) is 0 Å². The highest BCUT2D eigenvalue weighted by atomic mass is 19.4. The summed E-state index contributed by atoms with van der Waals surface area (Å²) in [6.45, 7) is 3.58. The minimum atomic E-state index is -4.51. The molecule has 1 aromatic rings. The Bertz CT molecular complexity index is 501. The molecule has 0 fully saturated rings. The van der Waals surface area contributed by atoms with E-state index in [0.717, 1.165) is 18.2 Å². The second-order valence-corrected chi connectivity index (χ2v) is 4.17. The maximum Gasteiger partial charge on any atom is 0.416 e. The van der Waals surface area contributed by atoms with Gasteiger partial charge >= 0.3 is 6.18 Å². The molecule has 0 spiro atoms. The molecular weight excluding hydrogens is 273 g/mol. The lowest BCUT2D eigenvalue weighted by molar-refractivity contribution is -0.137. The van der Waals surface area contributed by atoms with E-state index < -0.39 is 29.6 Å². The van der Waals surface area contributed by atoms with E-state index in [9.17, 15) is 22.8 Å². The number of hydrogen-bond donors (Lipinski definition) is 2. The number of likely N-dealkylation sites (N-methyl/N-ethyl adjacent to an activating group) is 1. The third kappa shape index (κ3) is 4.25. The van der Waals surface area contributed by atoms with Crippen LogP contribution in [0.15, 0.2) is 24.3 Å². The average Bonchev–Trinajstić information content (AvgIpc) is 2.38. The molecule has 2 N–H and O–H groups in total. The SMILES string of the molecule is CCNC(=O)[C@@H](C)NC(=O)c1cccc(C(F)(F)F)c1. The Balaban J connectivity index is 2.80. The smallest absolute Gasteiger partial charge is 0.355 e. The zero-order chi connectivity index (χ0) is 15.3. The molecule has 0 aromatic heterocycles. The van der Waals surface area contributed by atoms with Crippen LogP contribution in [0.4, 0.5) is 13.2 Å². The van der Waals surface area contributed by atoms with Crippen molar-refractivity contribution in [3.8, 4) is 0 Å². The molecule has 0 aliphatic rings. The van der Waals surface area contributed by atoms with Crippen LogP contribution < -0.4 is 10.6 Å². The molecule has 7 heteroatoms. The minimum absolute atomic E-state index is 0.143. The molecule has 2 amide bonds. The quantitative estimate of drug-likeness (QED) is 0.890. The zero-order valence-electron chi connectivity index (χ0n) is 11.0. The van der Waals surface area contributed by atoms with Gasteiger partial charge in [-0.2, -0.15) is 13.2 Å². The van der Waals surface area contributed by atoms with Crippen molar-refractivity contribution in [3.05, 3.63) is 35.4 Å². The van der Waals surface area contributed by atoms with E-state index in [0.29, 0.717) is 6.54 Å². The van der Waals surface area contributed by atoms with Crippen molar-refractivity contribution in [1.29, 1.82) is 0 Å². The first kappa shape index (κ1) is 16.0. The molecular formula is C13H15F3N2O2. The number of rotatable bonds is 4. The Hall–Kier alpha value is -2.05. The molecule has 0 radical (unpaired) electrons. The number of carbonyl (C=O) groups is 2. The fraction of sp³-hybridized carbons (Fsp3) is 0.385. The van der Waals surface area contributed by atoms with Gasteiger partial charge in [-0.3, -0.25) is 9.59 Å². The van der Waals surface area contributed by atoms with Crippen LogP contribution in [0, 0.1) is 0 Å². The molecule has 0 heterocycles. The van der Waals surface area contributed by atoms with Gasteiger partial charge in [0, 0.05) is 12.1 Å². The molecule has 0 aliphatic heterocycles. The van der Waals surface area contributed by atoms with Crippen molar-refractivity contribution in [2.24, 2.45) is 0 Å². The number of alkyl halides is 3. The van der Waals surface area contributed by atoms with Crippen molar-refractivity contribution in [2.75, 3.05) is 6.54 Å². The minimum Gasteiger partial charge on any atom is -0.355 e. The summed E-state index contributed by atoms with van der Waals surface area (Å²) in [6, 6.07) is 3.21. The molecule has 1 aromatic carbocycles. The predicted molar refractivity (Wildman–Crippen MR) is 67.1 cm³/mol. The second-order valence-electron chi connectivity index (χ2n) is 4.17. The topological polar surface area (TPSA) is 58.2 Å². The van der Waals surface area contributed by atoms with Gasteiger partial charge in [0.2, 0.25) is 5.91 Å². The Morgan fingerprint density at radius 3 is 2.50 bits per heavy atom. The average molecular weight is 288 g/mol. The normalized spacial score (nSPS) is 12.7. The van der Waals surface area contributed by atoms with Crippen LogP contribution in [0.25, 0.3) is 0 Å². The van der Waals surface area contributed by atoms with E-state index in [1.807, 2.05) is 0 Å². The Morgan fingerprint density at radius 1 is 1.30 bits per heavy atom. The molecule has 110 valence electrons. The molecule has 0 saturated heterocycles. The number of amides is 2. The predicted octanol–water partition coefficient (Wildman–Crippen LogP) is 1.96. The highest BCUT2D eigenvalue weighted by Crippen LogP contribution is 2.29. The van der Waals surface area contributed by atoms with Gasteiger partial charge in [0.15, 0.2) is 0 Å². The maximum atomic E-state index is 12.5. The largest absolute Gasteiger partial charge is 0.416 e. The molecule has 0 bridgehead atoms. The van der Waals surface area contributed by atoms with Gasteiger partial charge in [-0.1, -0.05) is 6.07 Å². The van der Waals surface area contributed by atoms with Gasteiger partial charge in [-0.05, 0) is 32.0 Å². The second kappa shape index (κ2) is 6.40. The number of carbonyl (C=O) groups excluding carboxylic acids is 2. The van der Waals surface area contributed by atoms with Crippen LogP contribution in [0.3, 0.4) is 0 Å². The van der Waals surface area contributed by atoms with E-state index in [2.05, 4.69) is 10.6 Å². The zero-order valence-corrected chi connectivity index (χ0v) is 11.0. The lowest BCUT2D eigenvalue weighted by atomic mass is 10.1. The molecule has 0 unspecified atom stereocenters. The fourth-order valence-electron chi connectivity index (χ4n) is 1.51. The van der Waals surface area contributed by atoms with Crippen molar-refractivity contribution in [2.45, 2.75) is 26.1 Å². The molecule has 4 nitrogen and oxygen atoms in total. The number of halogens is 3. The summed E-state index contributed by atoms with van der Waals surface area (Å²) in [5, 5.41) is 4.85. The first-order valence-electron chi connectivity index (χ1n) is 6.01. The van der Waals surface area contributed by atoms with Crippen LogP contribution in [0.1, 0.15) is 29.8 Å². The van der Waals surface area contributed by atoms with E-state index >= 15 is 0 Å². The standard InChI is InChI=1S/C13H15F3N2O2/c1-3-17-11(19)8(2)18-12(20)9-5-4-6-10(7-9)13(14,15)16/h4-8H,3H2,1-2H3,(H,17,19)(H,18,20)/t8-/m1/s1. The molecule has 0 aliphatic carbocycles. The highest BCUT2D eigenvalue weighted by Gasteiger charge is 2.31. The first-order valence-corrected chi connectivity index (χ1v) is 6.01. The van der Waals surface area contributed by atoms with Gasteiger partial charge in [-0.25, -0.2) is 0 Å². The summed E-state index contributed by atoms with van der Waals surface area (Å²) in [7, 11) is 0. The summed E-state index contributed by atoms with van der Waals surface area (Å²) in [4.78, 5) is 23.2. The van der Waals surface area contributed by atoms with E-state index in [4.69, 9.17) is 0 Å². The van der Waals surface area contributed by atoms with Crippen molar-refractivity contribution in [3.63, 3.8) is 0 Å². The van der Waals surface area contributed by atoms with Gasteiger partial charge < -0.3 is 10.6 Å². The summed E-state index contributed by atoms with van der Waals surface area (Å²) in [6.07, 6.45) is -4.51.